The van der Waals surface area contributed by atoms with E-state index in [-0.39, 0.29) is 5.91 Å². The fraction of sp³-hybridized carbons (Fsp3) is 0.350. The summed E-state index contributed by atoms with van der Waals surface area (Å²) in [6, 6.07) is 16.8. The van der Waals surface area contributed by atoms with Crippen LogP contribution in [0.15, 0.2) is 54.6 Å². The molecule has 25 heavy (non-hydrogen) atoms. The molecule has 1 aliphatic rings. The van der Waals surface area contributed by atoms with Crippen LogP contribution in [0.3, 0.4) is 0 Å². The van der Waals surface area contributed by atoms with Crippen LogP contribution in [0.1, 0.15) is 22.3 Å². The van der Waals surface area contributed by atoms with Gasteiger partial charge in [-0.3, -0.25) is 4.79 Å². The van der Waals surface area contributed by atoms with E-state index in [1.54, 1.807) is 18.2 Å². The molecule has 2 N–H and O–H groups in total. The lowest BCUT2D eigenvalue weighted by molar-refractivity contribution is -0.0140. The second-order valence-corrected chi connectivity index (χ2v) is 6.09. The minimum Gasteiger partial charge on any atom is -0.492 e. The number of para-hydroxylation sites is 1. The predicted molar refractivity (Wildman–Crippen MR) is 94.8 cm³/mol. The van der Waals surface area contributed by atoms with Crippen molar-refractivity contribution in [3.8, 4) is 5.75 Å². The Balaban J connectivity index is 1.60. The number of aliphatic hydroxyl groups is 1. The SMILES string of the molecule is O=C(N[C@@H]1COCC[C@H]1O)c1ccccc1OCCc1ccccc1. The minimum atomic E-state index is -0.580. The Labute approximate surface area is 147 Å². The van der Waals surface area contributed by atoms with Crippen molar-refractivity contribution in [2.45, 2.75) is 25.0 Å². The second kappa shape index (κ2) is 8.65. The van der Waals surface area contributed by atoms with E-state index in [0.29, 0.717) is 37.6 Å². The van der Waals surface area contributed by atoms with Crippen molar-refractivity contribution in [2.75, 3.05) is 19.8 Å². The first-order chi connectivity index (χ1) is 12.2. The quantitative estimate of drug-likeness (QED) is 0.845. The van der Waals surface area contributed by atoms with E-state index in [4.69, 9.17) is 9.47 Å². The van der Waals surface area contributed by atoms with Gasteiger partial charge in [0.15, 0.2) is 0 Å². The molecule has 0 aromatic heterocycles. The van der Waals surface area contributed by atoms with Gasteiger partial charge in [0.2, 0.25) is 0 Å². The van der Waals surface area contributed by atoms with Gasteiger partial charge in [0, 0.05) is 13.0 Å². The first-order valence-corrected chi connectivity index (χ1v) is 8.56. The maximum Gasteiger partial charge on any atom is 0.255 e. The van der Waals surface area contributed by atoms with Crippen LogP contribution < -0.4 is 10.1 Å². The Morgan fingerprint density at radius 3 is 2.72 bits per heavy atom. The number of amides is 1. The summed E-state index contributed by atoms with van der Waals surface area (Å²) in [6.07, 6.45) is 0.718. The summed E-state index contributed by atoms with van der Waals surface area (Å²) in [5, 5.41) is 12.8. The molecule has 3 rings (SSSR count). The number of rotatable bonds is 6. The molecule has 1 heterocycles. The molecule has 0 spiro atoms. The number of benzene rings is 2. The van der Waals surface area contributed by atoms with Gasteiger partial charge in [0.1, 0.15) is 5.75 Å². The third-order valence-electron chi connectivity index (χ3n) is 4.26. The lowest BCUT2D eigenvalue weighted by atomic mass is 10.1. The van der Waals surface area contributed by atoms with Crippen molar-refractivity contribution >= 4 is 5.91 Å². The molecule has 1 amide bonds. The highest BCUT2D eigenvalue weighted by molar-refractivity contribution is 5.97. The van der Waals surface area contributed by atoms with Crippen LogP contribution in [0, 0.1) is 0 Å². The van der Waals surface area contributed by atoms with Crippen LogP contribution in [0.4, 0.5) is 0 Å². The average Bonchev–Trinajstić information content (AvgIpc) is 2.65. The maximum absolute atomic E-state index is 12.6. The summed E-state index contributed by atoms with van der Waals surface area (Å²) in [4.78, 5) is 12.6. The lowest BCUT2D eigenvalue weighted by Crippen LogP contribution is -2.49. The summed E-state index contributed by atoms with van der Waals surface area (Å²) >= 11 is 0. The van der Waals surface area contributed by atoms with Crippen LogP contribution in [0.5, 0.6) is 5.75 Å². The molecule has 0 aliphatic carbocycles. The zero-order chi connectivity index (χ0) is 17.5. The Hall–Kier alpha value is -2.37. The van der Waals surface area contributed by atoms with Gasteiger partial charge >= 0.3 is 0 Å². The molecule has 1 aliphatic heterocycles. The average molecular weight is 341 g/mol. The molecule has 1 fully saturated rings. The van der Waals surface area contributed by atoms with E-state index < -0.39 is 12.1 Å². The van der Waals surface area contributed by atoms with E-state index in [2.05, 4.69) is 5.32 Å². The first kappa shape index (κ1) is 17.5. The van der Waals surface area contributed by atoms with Gasteiger partial charge in [0.05, 0.1) is 30.9 Å². The van der Waals surface area contributed by atoms with Gasteiger partial charge in [-0.1, -0.05) is 42.5 Å². The summed E-state index contributed by atoms with van der Waals surface area (Å²) in [5.41, 5.74) is 1.65. The van der Waals surface area contributed by atoms with Crippen molar-refractivity contribution in [1.29, 1.82) is 0 Å². The van der Waals surface area contributed by atoms with Crippen LogP contribution >= 0.6 is 0 Å². The van der Waals surface area contributed by atoms with Crippen LogP contribution in [0.2, 0.25) is 0 Å². The van der Waals surface area contributed by atoms with Crippen molar-refractivity contribution < 1.29 is 19.4 Å². The van der Waals surface area contributed by atoms with Gasteiger partial charge in [-0.15, -0.1) is 0 Å². The summed E-state index contributed by atoms with van der Waals surface area (Å²) in [5.74, 6) is 0.284. The molecule has 132 valence electrons. The zero-order valence-electron chi connectivity index (χ0n) is 14.1. The number of hydrogen-bond acceptors (Lipinski definition) is 4. The van der Waals surface area contributed by atoms with E-state index in [1.165, 1.54) is 5.56 Å². The molecular weight excluding hydrogens is 318 g/mol. The molecule has 0 unspecified atom stereocenters. The number of carbonyl (C=O) groups excluding carboxylic acids is 1. The van der Waals surface area contributed by atoms with Crippen LogP contribution in [-0.4, -0.2) is 43.0 Å². The van der Waals surface area contributed by atoms with Gasteiger partial charge in [-0.2, -0.15) is 0 Å². The molecule has 2 atom stereocenters. The smallest absolute Gasteiger partial charge is 0.255 e. The predicted octanol–water partition coefficient (Wildman–Crippen LogP) is 2.19. The summed E-state index contributed by atoms with van der Waals surface area (Å²) in [6.45, 7) is 1.33. The number of carbonyl (C=O) groups is 1. The minimum absolute atomic E-state index is 0.259. The van der Waals surface area contributed by atoms with E-state index >= 15 is 0 Å². The van der Waals surface area contributed by atoms with Crippen molar-refractivity contribution in [3.63, 3.8) is 0 Å². The highest BCUT2D eigenvalue weighted by Crippen LogP contribution is 2.19. The van der Waals surface area contributed by atoms with Crippen molar-refractivity contribution in [3.05, 3.63) is 65.7 Å². The van der Waals surface area contributed by atoms with E-state index in [1.807, 2.05) is 36.4 Å². The van der Waals surface area contributed by atoms with Gasteiger partial charge in [0.25, 0.3) is 5.91 Å². The Morgan fingerprint density at radius 2 is 1.92 bits per heavy atom. The molecule has 5 heteroatoms. The molecule has 0 radical (unpaired) electrons. The Bertz CT molecular complexity index is 689. The van der Waals surface area contributed by atoms with Crippen molar-refractivity contribution in [1.82, 2.24) is 5.32 Å². The van der Waals surface area contributed by atoms with Crippen LogP contribution in [-0.2, 0) is 11.2 Å². The van der Waals surface area contributed by atoms with Gasteiger partial charge in [-0.05, 0) is 24.1 Å². The zero-order valence-corrected chi connectivity index (χ0v) is 14.1. The van der Waals surface area contributed by atoms with E-state index in [0.717, 1.165) is 6.42 Å². The Morgan fingerprint density at radius 1 is 1.16 bits per heavy atom. The first-order valence-electron chi connectivity index (χ1n) is 8.56. The standard InChI is InChI=1S/C20H23NO4/c22-18-11-12-24-14-17(18)21-20(23)16-8-4-5-9-19(16)25-13-10-15-6-2-1-3-7-15/h1-9,17-18,22H,10-14H2,(H,21,23)/t17-,18-/m1/s1. The molecule has 5 nitrogen and oxygen atoms in total. The van der Waals surface area contributed by atoms with Gasteiger partial charge < -0.3 is 19.9 Å². The molecular formula is C20H23NO4. The monoisotopic (exact) mass is 341 g/mol. The highest BCUT2D eigenvalue weighted by atomic mass is 16.5. The van der Waals surface area contributed by atoms with Gasteiger partial charge in [-0.25, -0.2) is 0 Å². The lowest BCUT2D eigenvalue weighted by Gasteiger charge is -2.28. The number of nitrogens with one attached hydrogen (secondary N) is 1. The second-order valence-electron chi connectivity index (χ2n) is 6.09. The van der Waals surface area contributed by atoms with Crippen molar-refractivity contribution in [2.24, 2.45) is 0 Å². The maximum atomic E-state index is 12.6. The number of aliphatic hydroxyl groups excluding tert-OH is 1. The third-order valence-corrected chi connectivity index (χ3v) is 4.26. The largest absolute Gasteiger partial charge is 0.492 e. The third kappa shape index (κ3) is 4.81. The molecule has 2 aromatic carbocycles. The molecule has 2 aromatic rings. The number of ether oxygens (including phenoxy) is 2. The fourth-order valence-corrected chi connectivity index (χ4v) is 2.81. The molecule has 1 saturated heterocycles. The fourth-order valence-electron chi connectivity index (χ4n) is 2.81. The molecule has 0 saturated carbocycles. The van der Waals surface area contributed by atoms with E-state index in [9.17, 15) is 9.90 Å². The number of hydrogen-bond donors (Lipinski definition) is 2. The molecule has 0 bridgehead atoms. The summed E-state index contributed by atoms with van der Waals surface area (Å²) in [7, 11) is 0. The summed E-state index contributed by atoms with van der Waals surface area (Å²) < 4.78 is 11.2. The normalized spacial score (nSPS) is 20.0. The topological polar surface area (TPSA) is 67.8 Å². The Kier molecular flexibility index (Phi) is 6.04. The highest BCUT2D eigenvalue weighted by Gasteiger charge is 2.26. The van der Waals surface area contributed by atoms with Crippen LogP contribution in [0.25, 0.3) is 0 Å².